The molecular formula is C20H15ClN6O. The van der Waals surface area contributed by atoms with Crippen LogP contribution in [0.5, 0.6) is 0 Å². The fraction of sp³-hybridized carbons (Fsp3) is 0.100. The van der Waals surface area contributed by atoms with E-state index in [4.69, 9.17) is 22.0 Å². The van der Waals surface area contributed by atoms with Crippen LogP contribution >= 0.6 is 11.6 Å². The van der Waals surface area contributed by atoms with Gasteiger partial charge in [0.15, 0.2) is 11.9 Å². The fourth-order valence-electron chi connectivity index (χ4n) is 3.04. The zero-order valence-corrected chi connectivity index (χ0v) is 15.7. The fourth-order valence-corrected chi connectivity index (χ4v) is 3.28. The van der Waals surface area contributed by atoms with Crippen molar-refractivity contribution in [3.8, 4) is 17.5 Å². The average molecular weight is 391 g/mol. The van der Waals surface area contributed by atoms with Gasteiger partial charge in [0.1, 0.15) is 0 Å². The lowest BCUT2D eigenvalue weighted by Gasteiger charge is -2.08. The number of aromatic nitrogens is 4. The number of halogens is 1. The Labute approximate surface area is 165 Å². The number of aryl methyl sites for hydroxylation is 1. The molecule has 138 valence electrons. The molecule has 7 nitrogen and oxygen atoms in total. The lowest BCUT2D eigenvalue weighted by atomic mass is 10.1. The molecule has 4 aromatic rings. The molecule has 0 aliphatic heterocycles. The highest BCUT2D eigenvalue weighted by molar-refractivity contribution is 6.31. The zero-order chi connectivity index (χ0) is 19.7. The highest BCUT2D eigenvalue weighted by atomic mass is 35.5. The Hall–Kier alpha value is -3.63. The van der Waals surface area contributed by atoms with E-state index in [1.807, 2.05) is 60.0 Å². The third kappa shape index (κ3) is 3.33. The largest absolute Gasteiger partial charge is 0.284 e. The molecule has 3 heterocycles. The van der Waals surface area contributed by atoms with E-state index >= 15 is 0 Å². The summed E-state index contributed by atoms with van der Waals surface area (Å²) in [5.74, 6) is -0.536. The molecule has 0 atom stereocenters. The Morgan fingerprint density at radius 2 is 1.96 bits per heavy atom. The van der Waals surface area contributed by atoms with Gasteiger partial charge in [0.05, 0.1) is 23.4 Å². The van der Waals surface area contributed by atoms with Crippen molar-refractivity contribution in [1.29, 1.82) is 5.26 Å². The van der Waals surface area contributed by atoms with E-state index in [0.717, 1.165) is 28.2 Å². The van der Waals surface area contributed by atoms with Gasteiger partial charge in [-0.1, -0.05) is 41.9 Å². The lowest BCUT2D eigenvalue weighted by Crippen LogP contribution is -2.18. The second-order valence-corrected chi connectivity index (χ2v) is 6.73. The number of hydrogen-bond donors (Lipinski definition) is 1. The Morgan fingerprint density at radius 1 is 1.18 bits per heavy atom. The highest BCUT2D eigenvalue weighted by Gasteiger charge is 2.14. The number of fused-ring (bicyclic) bond motifs is 1. The van der Waals surface area contributed by atoms with E-state index in [9.17, 15) is 4.79 Å². The minimum Gasteiger partial charge on any atom is -0.266 e. The number of rotatable bonds is 4. The van der Waals surface area contributed by atoms with Crippen LogP contribution in [0.2, 0.25) is 5.02 Å². The normalized spacial score (nSPS) is 10.8. The van der Waals surface area contributed by atoms with Crippen molar-refractivity contribution in [2.45, 2.75) is 13.5 Å². The summed E-state index contributed by atoms with van der Waals surface area (Å²) < 4.78 is 3.51. The number of nitrogens with zero attached hydrogens (tertiary/aromatic N) is 5. The number of benzene rings is 1. The number of hydrogen-bond acceptors (Lipinski definition) is 4. The number of carbonyl (C=O) groups is 1. The smallest absolute Gasteiger partial charge is 0.266 e. The first-order valence-electron chi connectivity index (χ1n) is 8.52. The molecule has 0 aliphatic rings. The van der Waals surface area contributed by atoms with Gasteiger partial charge < -0.3 is 0 Å². The topological polar surface area (TPSA) is 88.0 Å². The molecule has 1 amide bonds. The molecule has 1 N–H and O–H groups in total. The molecule has 28 heavy (non-hydrogen) atoms. The minimum absolute atomic E-state index is 0.183. The molecule has 0 saturated carbocycles. The van der Waals surface area contributed by atoms with Crippen LogP contribution in [0.25, 0.3) is 16.8 Å². The predicted molar refractivity (Wildman–Crippen MR) is 105 cm³/mol. The molecule has 0 saturated heterocycles. The zero-order valence-electron chi connectivity index (χ0n) is 14.9. The molecule has 4 rings (SSSR count). The quantitative estimate of drug-likeness (QED) is 0.427. The van der Waals surface area contributed by atoms with Crippen molar-refractivity contribution in [3.05, 3.63) is 76.7 Å². The molecule has 8 heteroatoms. The van der Waals surface area contributed by atoms with Crippen LogP contribution in [0.4, 0.5) is 0 Å². The first-order valence-corrected chi connectivity index (χ1v) is 8.90. The van der Waals surface area contributed by atoms with Crippen molar-refractivity contribution in [1.82, 2.24) is 24.7 Å². The SMILES string of the molecule is Cc1cc(C(=O)NC#N)nn1Cc1cc(Cl)cc2cc(-c3ccccc3)nn12. The molecule has 0 aliphatic carbocycles. The van der Waals surface area contributed by atoms with Crippen LogP contribution in [-0.4, -0.2) is 25.3 Å². The van der Waals surface area contributed by atoms with Crippen molar-refractivity contribution < 1.29 is 4.79 Å². The van der Waals surface area contributed by atoms with E-state index in [1.165, 1.54) is 0 Å². The summed E-state index contributed by atoms with van der Waals surface area (Å²) in [6.07, 6.45) is 1.61. The molecule has 0 fully saturated rings. The van der Waals surface area contributed by atoms with Gasteiger partial charge in [-0.2, -0.15) is 15.5 Å². The molecule has 3 aromatic heterocycles. The maximum absolute atomic E-state index is 11.8. The van der Waals surface area contributed by atoms with Gasteiger partial charge in [-0.25, -0.2) is 4.52 Å². The van der Waals surface area contributed by atoms with E-state index in [0.29, 0.717) is 11.6 Å². The van der Waals surface area contributed by atoms with Crippen molar-refractivity contribution in [3.63, 3.8) is 0 Å². The van der Waals surface area contributed by atoms with Gasteiger partial charge in [-0.05, 0) is 31.2 Å². The van der Waals surface area contributed by atoms with Gasteiger partial charge in [-0.15, -0.1) is 0 Å². The maximum atomic E-state index is 11.8. The van der Waals surface area contributed by atoms with E-state index < -0.39 is 5.91 Å². The standard InChI is InChI=1S/C20H15ClN6O/c1-13-7-19(20(28)23-12-22)24-26(13)11-17-9-15(21)8-16-10-18(25-27(16)17)14-5-3-2-4-6-14/h2-10H,11H2,1H3,(H,23,28). The number of carbonyl (C=O) groups excluding carboxylic acids is 1. The van der Waals surface area contributed by atoms with Crippen LogP contribution in [0.15, 0.2) is 54.6 Å². The third-order valence-corrected chi connectivity index (χ3v) is 4.58. The van der Waals surface area contributed by atoms with Gasteiger partial charge in [-0.3, -0.25) is 14.8 Å². The van der Waals surface area contributed by atoms with Crippen LogP contribution in [-0.2, 0) is 6.54 Å². The summed E-state index contributed by atoms with van der Waals surface area (Å²) in [5, 5.41) is 20.3. The number of nitrogens with one attached hydrogen (secondary N) is 1. The summed E-state index contributed by atoms with van der Waals surface area (Å²) in [4.78, 5) is 11.8. The van der Waals surface area contributed by atoms with Crippen LogP contribution in [0, 0.1) is 18.4 Å². The number of amides is 1. The van der Waals surface area contributed by atoms with Crippen LogP contribution < -0.4 is 5.32 Å². The molecule has 1 aromatic carbocycles. The Balaban J connectivity index is 1.74. The first-order chi connectivity index (χ1) is 13.5. The van der Waals surface area contributed by atoms with Crippen LogP contribution in [0.1, 0.15) is 21.9 Å². The monoisotopic (exact) mass is 390 g/mol. The Bertz CT molecular complexity index is 1220. The molecule has 0 spiro atoms. The average Bonchev–Trinajstić information content (AvgIpc) is 3.27. The second kappa shape index (κ2) is 7.18. The maximum Gasteiger partial charge on any atom is 0.284 e. The summed E-state index contributed by atoms with van der Waals surface area (Å²) in [7, 11) is 0. The Morgan fingerprint density at radius 3 is 2.71 bits per heavy atom. The number of nitriles is 1. The molecule has 0 bridgehead atoms. The first kappa shape index (κ1) is 17.8. The molecule has 0 radical (unpaired) electrons. The van der Waals surface area contributed by atoms with Crippen molar-refractivity contribution in [2.75, 3.05) is 0 Å². The van der Waals surface area contributed by atoms with Gasteiger partial charge in [0.25, 0.3) is 5.91 Å². The highest BCUT2D eigenvalue weighted by Crippen LogP contribution is 2.24. The van der Waals surface area contributed by atoms with E-state index in [2.05, 4.69) is 10.4 Å². The summed E-state index contributed by atoms with van der Waals surface area (Å²) in [6.45, 7) is 2.22. The van der Waals surface area contributed by atoms with Crippen molar-refractivity contribution >= 4 is 23.0 Å². The number of pyridine rings is 1. The van der Waals surface area contributed by atoms with Gasteiger partial charge in [0, 0.05) is 16.3 Å². The van der Waals surface area contributed by atoms with Gasteiger partial charge in [0.2, 0.25) is 0 Å². The van der Waals surface area contributed by atoms with Gasteiger partial charge >= 0.3 is 0 Å². The molecule has 0 unspecified atom stereocenters. The summed E-state index contributed by atoms with van der Waals surface area (Å²) >= 11 is 6.31. The second-order valence-electron chi connectivity index (χ2n) is 6.29. The molecular weight excluding hydrogens is 376 g/mol. The lowest BCUT2D eigenvalue weighted by molar-refractivity contribution is 0.0967. The van der Waals surface area contributed by atoms with E-state index in [1.54, 1.807) is 16.9 Å². The summed E-state index contributed by atoms with van der Waals surface area (Å²) in [5.41, 5.74) is 4.51. The van der Waals surface area contributed by atoms with E-state index in [-0.39, 0.29) is 5.69 Å². The predicted octanol–water partition coefficient (Wildman–Crippen LogP) is 3.42. The van der Waals surface area contributed by atoms with Crippen LogP contribution in [0.3, 0.4) is 0 Å². The summed E-state index contributed by atoms with van der Waals surface area (Å²) in [6, 6.07) is 17.2. The minimum atomic E-state index is -0.536. The Kier molecular flexibility index (Phi) is 4.55. The van der Waals surface area contributed by atoms with Crippen molar-refractivity contribution in [2.24, 2.45) is 0 Å². The third-order valence-electron chi connectivity index (χ3n) is 4.36.